The second-order valence-electron chi connectivity index (χ2n) is 5.79. The molecule has 0 aliphatic rings. The average molecular weight is 391 g/mol. The first-order valence-corrected chi connectivity index (χ1v) is 8.38. The lowest BCUT2D eigenvalue weighted by Crippen LogP contribution is -2.20. The molecule has 1 N–H and O–H groups in total. The Morgan fingerprint density at radius 1 is 1.14 bits per heavy atom. The lowest BCUT2D eigenvalue weighted by molar-refractivity contribution is -0.137. The van der Waals surface area contributed by atoms with Crippen molar-refractivity contribution in [2.75, 3.05) is 11.9 Å². The number of rotatable bonds is 6. The van der Waals surface area contributed by atoms with Crippen LogP contribution in [-0.2, 0) is 17.4 Å². The van der Waals surface area contributed by atoms with Crippen LogP contribution in [0.1, 0.15) is 18.4 Å². The number of alkyl halides is 3. The standard InChI is InChI=1S/C19H16F3N3O3/c1-2-17-24-25-18(28-17)12-6-8-15(9-7-12)27-11-16(26)23-14-5-3-4-13(10-14)19(20,21)22/h3-10H,2,11H2,1H3,(H,23,26). The first-order chi connectivity index (χ1) is 13.3. The maximum Gasteiger partial charge on any atom is 0.416 e. The van der Waals surface area contributed by atoms with E-state index in [-0.39, 0.29) is 12.3 Å². The minimum atomic E-state index is -4.48. The highest BCUT2D eigenvalue weighted by Gasteiger charge is 2.30. The number of carbonyl (C=O) groups is 1. The van der Waals surface area contributed by atoms with Crippen molar-refractivity contribution < 1.29 is 27.1 Å². The highest BCUT2D eigenvalue weighted by Crippen LogP contribution is 2.30. The molecule has 0 radical (unpaired) electrons. The molecule has 0 bridgehead atoms. The number of nitrogens with one attached hydrogen (secondary N) is 1. The number of anilines is 1. The topological polar surface area (TPSA) is 77.2 Å². The lowest BCUT2D eigenvalue weighted by atomic mass is 10.2. The van der Waals surface area contributed by atoms with Gasteiger partial charge in [-0.25, -0.2) is 0 Å². The first kappa shape index (κ1) is 19.4. The molecule has 1 aromatic heterocycles. The van der Waals surface area contributed by atoms with Gasteiger partial charge in [0, 0.05) is 17.7 Å². The third-order valence-electron chi connectivity index (χ3n) is 3.71. The number of benzene rings is 2. The number of aryl methyl sites for hydroxylation is 1. The van der Waals surface area contributed by atoms with Gasteiger partial charge in [0.1, 0.15) is 5.75 Å². The number of nitrogens with zero attached hydrogens (tertiary/aromatic N) is 2. The third kappa shape index (κ3) is 4.87. The van der Waals surface area contributed by atoms with Crippen LogP contribution in [0.25, 0.3) is 11.5 Å². The van der Waals surface area contributed by atoms with Gasteiger partial charge in [0.25, 0.3) is 5.91 Å². The fourth-order valence-electron chi connectivity index (χ4n) is 2.33. The van der Waals surface area contributed by atoms with Crippen LogP contribution in [0.3, 0.4) is 0 Å². The van der Waals surface area contributed by atoms with Crippen molar-refractivity contribution in [3.63, 3.8) is 0 Å². The van der Waals surface area contributed by atoms with Crippen LogP contribution in [-0.4, -0.2) is 22.7 Å². The van der Waals surface area contributed by atoms with Crippen LogP contribution >= 0.6 is 0 Å². The van der Waals surface area contributed by atoms with Gasteiger partial charge in [0.05, 0.1) is 5.56 Å². The summed E-state index contributed by atoms with van der Waals surface area (Å²) in [6.07, 6.45) is -3.84. The quantitative estimate of drug-likeness (QED) is 0.677. The van der Waals surface area contributed by atoms with Gasteiger partial charge >= 0.3 is 6.18 Å². The van der Waals surface area contributed by atoms with E-state index in [4.69, 9.17) is 9.15 Å². The van der Waals surface area contributed by atoms with Gasteiger partial charge in [-0.3, -0.25) is 4.79 Å². The zero-order valence-corrected chi connectivity index (χ0v) is 14.8. The summed E-state index contributed by atoms with van der Waals surface area (Å²) in [7, 11) is 0. The van der Waals surface area contributed by atoms with Crippen LogP contribution in [0, 0.1) is 0 Å². The minimum absolute atomic E-state index is 0.0434. The van der Waals surface area contributed by atoms with Crippen molar-refractivity contribution in [3.05, 3.63) is 60.0 Å². The van der Waals surface area contributed by atoms with Crippen molar-refractivity contribution in [2.45, 2.75) is 19.5 Å². The number of amides is 1. The molecular weight excluding hydrogens is 375 g/mol. The second-order valence-corrected chi connectivity index (χ2v) is 5.79. The molecule has 0 aliphatic heterocycles. The third-order valence-corrected chi connectivity index (χ3v) is 3.71. The molecule has 3 rings (SSSR count). The van der Waals surface area contributed by atoms with Crippen molar-refractivity contribution in [3.8, 4) is 17.2 Å². The Labute approximate surface area is 158 Å². The molecule has 2 aromatic carbocycles. The Morgan fingerprint density at radius 2 is 1.89 bits per heavy atom. The first-order valence-electron chi connectivity index (χ1n) is 8.38. The molecule has 6 nitrogen and oxygen atoms in total. The van der Waals surface area contributed by atoms with Crippen molar-refractivity contribution in [1.29, 1.82) is 0 Å². The second kappa shape index (κ2) is 8.12. The molecular formula is C19H16F3N3O3. The molecule has 3 aromatic rings. The van der Waals surface area contributed by atoms with Gasteiger partial charge in [-0.15, -0.1) is 10.2 Å². The Morgan fingerprint density at radius 3 is 2.54 bits per heavy atom. The van der Waals surface area contributed by atoms with E-state index in [0.717, 1.165) is 12.1 Å². The van der Waals surface area contributed by atoms with E-state index in [1.807, 2.05) is 6.92 Å². The largest absolute Gasteiger partial charge is 0.484 e. The average Bonchev–Trinajstić information content (AvgIpc) is 3.16. The van der Waals surface area contributed by atoms with Gasteiger partial charge in [-0.2, -0.15) is 13.2 Å². The molecule has 1 amide bonds. The Kier molecular flexibility index (Phi) is 5.62. The maximum atomic E-state index is 12.7. The SMILES string of the molecule is CCc1nnc(-c2ccc(OCC(=O)Nc3cccc(C(F)(F)F)c3)cc2)o1. The predicted octanol–water partition coefficient (Wildman–Crippen LogP) is 4.34. The van der Waals surface area contributed by atoms with E-state index in [1.165, 1.54) is 12.1 Å². The van der Waals surface area contributed by atoms with Crippen molar-refractivity contribution >= 4 is 11.6 Å². The van der Waals surface area contributed by atoms with Gasteiger partial charge < -0.3 is 14.5 Å². The maximum absolute atomic E-state index is 12.7. The molecule has 146 valence electrons. The Hall–Kier alpha value is -3.36. The molecule has 0 saturated heterocycles. The number of ether oxygens (including phenoxy) is 1. The fraction of sp³-hybridized carbons (Fsp3) is 0.211. The molecule has 28 heavy (non-hydrogen) atoms. The molecule has 0 unspecified atom stereocenters. The van der Waals surface area contributed by atoms with Crippen LogP contribution in [0.4, 0.5) is 18.9 Å². The molecule has 0 spiro atoms. The molecule has 0 atom stereocenters. The van der Waals surface area contributed by atoms with Crippen molar-refractivity contribution in [2.24, 2.45) is 0 Å². The summed E-state index contributed by atoms with van der Waals surface area (Å²) in [5, 5.41) is 10.2. The van der Waals surface area contributed by atoms with Crippen LogP contribution < -0.4 is 10.1 Å². The number of carbonyl (C=O) groups excluding carboxylic acids is 1. The number of aromatic nitrogens is 2. The van der Waals surface area contributed by atoms with E-state index in [1.54, 1.807) is 24.3 Å². The van der Waals surface area contributed by atoms with E-state index in [0.29, 0.717) is 29.5 Å². The van der Waals surface area contributed by atoms with Gasteiger partial charge in [-0.05, 0) is 42.5 Å². The summed E-state index contributed by atoms with van der Waals surface area (Å²) < 4.78 is 48.9. The number of hydrogen-bond donors (Lipinski definition) is 1. The zero-order valence-electron chi connectivity index (χ0n) is 14.8. The normalized spacial score (nSPS) is 11.3. The van der Waals surface area contributed by atoms with Gasteiger partial charge in [0.2, 0.25) is 11.8 Å². The number of halogens is 3. The summed E-state index contributed by atoms with van der Waals surface area (Å²) in [5.41, 5.74) is -0.0936. The van der Waals surface area contributed by atoms with Crippen molar-refractivity contribution in [1.82, 2.24) is 10.2 Å². The highest BCUT2D eigenvalue weighted by molar-refractivity contribution is 5.91. The highest BCUT2D eigenvalue weighted by atomic mass is 19.4. The van der Waals surface area contributed by atoms with E-state index >= 15 is 0 Å². The van der Waals surface area contributed by atoms with Gasteiger partial charge in [-0.1, -0.05) is 13.0 Å². The zero-order chi connectivity index (χ0) is 20.1. The Balaban J connectivity index is 1.56. The fourth-order valence-corrected chi connectivity index (χ4v) is 2.33. The predicted molar refractivity (Wildman–Crippen MR) is 94.7 cm³/mol. The molecule has 1 heterocycles. The Bertz CT molecular complexity index is 953. The summed E-state index contributed by atoms with van der Waals surface area (Å²) >= 11 is 0. The summed E-state index contributed by atoms with van der Waals surface area (Å²) in [6.45, 7) is 1.55. The van der Waals surface area contributed by atoms with E-state index in [9.17, 15) is 18.0 Å². The van der Waals surface area contributed by atoms with Crippen LogP contribution in [0.15, 0.2) is 52.9 Å². The minimum Gasteiger partial charge on any atom is -0.484 e. The van der Waals surface area contributed by atoms with E-state index in [2.05, 4.69) is 15.5 Å². The molecule has 0 fully saturated rings. The van der Waals surface area contributed by atoms with E-state index < -0.39 is 17.6 Å². The summed E-state index contributed by atoms with van der Waals surface area (Å²) in [4.78, 5) is 11.9. The van der Waals surface area contributed by atoms with Crippen LogP contribution in [0.5, 0.6) is 5.75 Å². The lowest BCUT2D eigenvalue weighted by Gasteiger charge is -2.10. The molecule has 0 saturated carbocycles. The summed E-state index contributed by atoms with van der Waals surface area (Å²) in [6, 6.07) is 11.0. The summed E-state index contributed by atoms with van der Waals surface area (Å²) in [5.74, 6) is 0.748. The molecule has 9 heteroatoms. The number of hydrogen-bond acceptors (Lipinski definition) is 5. The monoisotopic (exact) mass is 391 g/mol. The molecule has 0 aliphatic carbocycles. The van der Waals surface area contributed by atoms with Crippen LogP contribution in [0.2, 0.25) is 0 Å². The smallest absolute Gasteiger partial charge is 0.416 e. The van der Waals surface area contributed by atoms with Gasteiger partial charge in [0.15, 0.2) is 6.61 Å².